The Hall–Kier alpha value is -1.77. The number of thiazole rings is 1. The normalized spacial score (nSPS) is 17.8. The van der Waals surface area contributed by atoms with Gasteiger partial charge in [0.15, 0.2) is 5.13 Å². The number of carbonyl (C=O) groups is 1. The molecule has 2 heterocycles. The minimum absolute atomic E-state index is 0.0321. The van der Waals surface area contributed by atoms with Crippen molar-refractivity contribution in [3.8, 4) is 5.75 Å². The number of anilines is 1. The topological polar surface area (TPSA) is 69.7 Å². The lowest BCUT2D eigenvalue weighted by atomic mass is 10.3. The monoisotopic (exact) mass is 326 g/mol. The molecule has 1 aliphatic heterocycles. The molecule has 6 nitrogen and oxygen atoms in total. The van der Waals surface area contributed by atoms with Gasteiger partial charge < -0.3 is 14.2 Å². The third-order valence-corrected chi connectivity index (χ3v) is 4.15. The van der Waals surface area contributed by atoms with Crippen LogP contribution in [0.15, 0.2) is 12.1 Å². The number of halogens is 1. The molecule has 2 aromatic rings. The summed E-state index contributed by atoms with van der Waals surface area (Å²) in [7, 11) is 1.45. The molecule has 1 aromatic heterocycles. The summed E-state index contributed by atoms with van der Waals surface area (Å²) < 4.78 is 29.7. The molecular weight excluding hydrogens is 311 g/mol. The highest BCUT2D eigenvalue weighted by Crippen LogP contribution is 2.33. The summed E-state index contributed by atoms with van der Waals surface area (Å²) in [5.74, 6) is -0.369. The number of rotatable bonds is 5. The van der Waals surface area contributed by atoms with Gasteiger partial charge in [-0.05, 0) is 12.5 Å². The largest absolute Gasteiger partial charge is 0.494 e. The van der Waals surface area contributed by atoms with Crippen molar-refractivity contribution >= 4 is 32.6 Å². The second-order valence-electron chi connectivity index (χ2n) is 4.82. The fourth-order valence-corrected chi connectivity index (χ4v) is 3.09. The van der Waals surface area contributed by atoms with Gasteiger partial charge in [0.25, 0.3) is 5.91 Å². The van der Waals surface area contributed by atoms with Crippen LogP contribution in [0.5, 0.6) is 5.75 Å². The summed E-state index contributed by atoms with van der Waals surface area (Å²) in [4.78, 5) is 16.1. The Kier molecular flexibility index (Phi) is 4.51. The van der Waals surface area contributed by atoms with Crippen LogP contribution in [0.1, 0.15) is 6.42 Å². The van der Waals surface area contributed by atoms with Gasteiger partial charge in [0.1, 0.15) is 23.7 Å². The van der Waals surface area contributed by atoms with Crippen molar-refractivity contribution in [3.63, 3.8) is 0 Å². The van der Waals surface area contributed by atoms with Crippen LogP contribution >= 0.6 is 11.3 Å². The minimum Gasteiger partial charge on any atom is -0.494 e. The maximum atomic E-state index is 13.4. The van der Waals surface area contributed by atoms with Crippen LogP contribution in [0.25, 0.3) is 10.2 Å². The molecule has 1 saturated heterocycles. The number of hydrogen-bond acceptors (Lipinski definition) is 6. The van der Waals surface area contributed by atoms with Crippen LogP contribution in [-0.4, -0.2) is 43.9 Å². The molecule has 1 aromatic carbocycles. The van der Waals surface area contributed by atoms with Crippen molar-refractivity contribution in [1.82, 2.24) is 4.98 Å². The number of nitrogens with zero attached hydrogens (tertiary/aromatic N) is 1. The number of ether oxygens (including phenoxy) is 3. The van der Waals surface area contributed by atoms with E-state index in [9.17, 15) is 9.18 Å². The Morgan fingerprint density at radius 1 is 1.59 bits per heavy atom. The van der Waals surface area contributed by atoms with Gasteiger partial charge in [0.05, 0.1) is 24.5 Å². The number of aromatic nitrogens is 1. The van der Waals surface area contributed by atoms with E-state index in [1.165, 1.54) is 30.6 Å². The van der Waals surface area contributed by atoms with E-state index in [1.807, 2.05) is 0 Å². The lowest BCUT2D eigenvalue weighted by molar-refractivity contribution is -0.122. The van der Waals surface area contributed by atoms with Gasteiger partial charge in [0.2, 0.25) is 0 Å². The first-order valence-electron chi connectivity index (χ1n) is 6.79. The molecule has 22 heavy (non-hydrogen) atoms. The van der Waals surface area contributed by atoms with Crippen LogP contribution < -0.4 is 10.1 Å². The van der Waals surface area contributed by atoms with Crippen LogP contribution in [0.2, 0.25) is 0 Å². The molecule has 118 valence electrons. The lowest BCUT2D eigenvalue weighted by Gasteiger charge is -2.08. The Morgan fingerprint density at radius 2 is 2.45 bits per heavy atom. The van der Waals surface area contributed by atoms with Gasteiger partial charge in [0, 0.05) is 12.7 Å². The molecule has 1 N–H and O–H groups in total. The van der Waals surface area contributed by atoms with Crippen LogP contribution in [-0.2, 0) is 14.3 Å². The number of carbonyl (C=O) groups excluding carboxylic acids is 1. The number of fused-ring (bicyclic) bond motifs is 1. The smallest absolute Gasteiger partial charge is 0.252 e. The second kappa shape index (κ2) is 6.55. The van der Waals surface area contributed by atoms with Gasteiger partial charge >= 0.3 is 0 Å². The number of hydrogen-bond donors (Lipinski definition) is 1. The maximum Gasteiger partial charge on any atom is 0.252 e. The van der Waals surface area contributed by atoms with E-state index in [4.69, 9.17) is 14.2 Å². The molecule has 1 atom stereocenters. The average Bonchev–Trinajstić information content (AvgIpc) is 3.13. The molecule has 1 fully saturated rings. The van der Waals surface area contributed by atoms with Crippen molar-refractivity contribution in [3.05, 3.63) is 17.9 Å². The molecule has 0 aliphatic carbocycles. The van der Waals surface area contributed by atoms with E-state index >= 15 is 0 Å². The van der Waals surface area contributed by atoms with Crippen molar-refractivity contribution in [2.75, 3.05) is 32.2 Å². The predicted octanol–water partition coefficient (Wildman–Crippen LogP) is 2.19. The Morgan fingerprint density at radius 3 is 3.18 bits per heavy atom. The lowest BCUT2D eigenvalue weighted by Crippen LogP contribution is -2.23. The zero-order valence-electron chi connectivity index (χ0n) is 11.9. The Balaban J connectivity index is 1.66. The first-order chi connectivity index (χ1) is 10.7. The average molecular weight is 326 g/mol. The minimum atomic E-state index is -0.407. The fraction of sp³-hybridized carbons (Fsp3) is 0.429. The number of benzene rings is 1. The van der Waals surface area contributed by atoms with Crippen molar-refractivity contribution in [2.24, 2.45) is 0 Å². The van der Waals surface area contributed by atoms with Crippen molar-refractivity contribution in [2.45, 2.75) is 12.5 Å². The van der Waals surface area contributed by atoms with E-state index in [0.29, 0.717) is 34.3 Å². The van der Waals surface area contributed by atoms with Gasteiger partial charge in [-0.3, -0.25) is 10.1 Å². The molecule has 1 unspecified atom stereocenters. The van der Waals surface area contributed by atoms with E-state index in [2.05, 4.69) is 10.3 Å². The summed E-state index contributed by atoms with van der Waals surface area (Å²) in [6.07, 6.45) is 0.764. The molecular formula is C14H15FN2O4S. The Bertz CT molecular complexity index is 685. The highest BCUT2D eigenvalue weighted by atomic mass is 32.1. The summed E-state index contributed by atoms with van der Waals surface area (Å²) in [5.41, 5.74) is 0.523. The number of nitrogens with one attached hydrogen (secondary N) is 1. The third kappa shape index (κ3) is 3.34. The quantitative estimate of drug-likeness (QED) is 0.912. The molecule has 0 bridgehead atoms. The van der Waals surface area contributed by atoms with E-state index in [-0.39, 0.29) is 18.6 Å². The summed E-state index contributed by atoms with van der Waals surface area (Å²) in [6.45, 7) is 1.12. The molecule has 1 aliphatic rings. The highest BCUT2D eigenvalue weighted by Gasteiger charge is 2.18. The maximum absolute atomic E-state index is 13.4. The molecule has 0 spiro atoms. The van der Waals surface area contributed by atoms with Gasteiger partial charge in [-0.1, -0.05) is 11.3 Å². The summed E-state index contributed by atoms with van der Waals surface area (Å²) in [6, 6.07) is 2.62. The molecule has 0 radical (unpaired) electrons. The number of methoxy groups -OCH3 is 1. The highest BCUT2D eigenvalue weighted by molar-refractivity contribution is 7.22. The van der Waals surface area contributed by atoms with Crippen molar-refractivity contribution in [1.29, 1.82) is 0 Å². The van der Waals surface area contributed by atoms with E-state index < -0.39 is 5.82 Å². The molecule has 1 amide bonds. The van der Waals surface area contributed by atoms with Crippen molar-refractivity contribution < 1.29 is 23.4 Å². The zero-order chi connectivity index (χ0) is 15.5. The molecule has 0 saturated carbocycles. The molecule has 8 heteroatoms. The predicted molar refractivity (Wildman–Crippen MR) is 79.9 cm³/mol. The second-order valence-corrected chi connectivity index (χ2v) is 5.85. The fourth-order valence-electron chi connectivity index (χ4n) is 2.17. The zero-order valence-corrected chi connectivity index (χ0v) is 12.7. The number of amides is 1. The summed E-state index contributed by atoms with van der Waals surface area (Å²) >= 11 is 1.18. The first-order valence-corrected chi connectivity index (χ1v) is 7.60. The standard InChI is InChI=1S/C14H15FN2O4S/c1-19-10-4-8(15)5-11-13(10)17-14(22-11)16-12(18)7-21-9-2-3-20-6-9/h4-5,9H,2-3,6-7H2,1H3,(H,16,17,18). The van der Waals surface area contributed by atoms with Crippen LogP contribution in [0.3, 0.4) is 0 Å². The van der Waals surface area contributed by atoms with Crippen LogP contribution in [0, 0.1) is 5.82 Å². The van der Waals surface area contributed by atoms with E-state index in [0.717, 1.165) is 6.42 Å². The van der Waals surface area contributed by atoms with E-state index in [1.54, 1.807) is 0 Å². The summed E-state index contributed by atoms with van der Waals surface area (Å²) in [5, 5.41) is 3.04. The van der Waals surface area contributed by atoms with Gasteiger partial charge in [-0.2, -0.15) is 0 Å². The van der Waals surface area contributed by atoms with Gasteiger partial charge in [-0.15, -0.1) is 0 Å². The third-order valence-electron chi connectivity index (χ3n) is 3.23. The first kappa shape index (κ1) is 15.1. The Labute approximate surface area is 130 Å². The molecule has 3 rings (SSSR count). The van der Waals surface area contributed by atoms with Crippen LogP contribution in [0.4, 0.5) is 9.52 Å². The SMILES string of the molecule is COc1cc(F)cc2sc(NC(=O)COC3CCOC3)nc12. The van der Waals surface area contributed by atoms with Gasteiger partial charge in [-0.25, -0.2) is 9.37 Å².